The summed E-state index contributed by atoms with van der Waals surface area (Å²) in [6.07, 6.45) is 14.6. The average molecular weight is 547 g/mol. The molecule has 0 aliphatic heterocycles. The van der Waals surface area contributed by atoms with Crippen LogP contribution in [-0.2, 0) is 27.7 Å². The largest absolute Gasteiger partial charge is 0.747 e. The summed E-state index contributed by atoms with van der Waals surface area (Å²) in [5.41, 5.74) is 3.30. The van der Waals surface area contributed by atoms with Gasteiger partial charge in [-0.15, -0.1) is 0 Å². The summed E-state index contributed by atoms with van der Waals surface area (Å²) >= 11 is 0. The van der Waals surface area contributed by atoms with Crippen molar-refractivity contribution in [2.45, 2.75) is 109 Å². The molecule has 0 saturated carbocycles. The molecule has 0 unspecified atom stereocenters. The zero-order valence-corrected chi connectivity index (χ0v) is 24.9. The predicted octanol–water partition coefficient (Wildman–Crippen LogP) is 7.67. The number of carbonyl (C=O) groups excluding carboxylic acids is 1. The van der Waals surface area contributed by atoms with Gasteiger partial charge in [0.1, 0.15) is 10.1 Å². The van der Waals surface area contributed by atoms with Gasteiger partial charge in [-0.05, 0) is 68.4 Å². The van der Waals surface area contributed by atoms with Crippen LogP contribution in [0.1, 0.15) is 118 Å². The van der Waals surface area contributed by atoms with Crippen LogP contribution in [0.2, 0.25) is 0 Å². The number of hydrogen-bond acceptors (Lipinski definition) is 4. The molecule has 0 aromatic heterocycles. The summed E-state index contributed by atoms with van der Waals surface area (Å²) in [6, 6.07) is 14.8. The van der Waals surface area contributed by atoms with E-state index >= 15 is 0 Å². The molecule has 0 heterocycles. The van der Waals surface area contributed by atoms with Crippen molar-refractivity contribution in [3.63, 3.8) is 0 Å². The molecule has 0 spiro atoms. The molecular weight excluding hydrogens is 496 g/mol. The first-order chi connectivity index (χ1) is 17.7. The summed E-state index contributed by atoms with van der Waals surface area (Å²) in [4.78, 5) is 12.3. The maximum Gasteiger partial charge on any atom is 0.251 e. The van der Waals surface area contributed by atoms with Crippen LogP contribution in [-0.4, -0.2) is 25.4 Å². The van der Waals surface area contributed by atoms with Crippen molar-refractivity contribution < 1.29 is 17.8 Å². The lowest BCUT2D eigenvalue weighted by Gasteiger charge is -2.32. The highest BCUT2D eigenvalue weighted by atomic mass is 32.2. The van der Waals surface area contributed by atoms with Gasteiger partial charge in [-0.3, -0.25) is 4.79 Å². The predicted molar refractivity (Wildman–Crippen MR) is 158 cm³/mol. The lowest BCUT2D eigenvalue weighted by molar-refractivity contribution is 0.0953. The fourth-order valence-corrected chi connectivity index (χ4v) is 5.28. The third-order valence-electron chi connectivity index (χ3n) is 7.27. The second-order valence-electron chi connectivity index (χ2n) is 10.6. The van der Waals surface area contributed by atoms with E-state index in [1.165, 1.54) is 65.2 Å². The van der Waals surface area contributed by atoms with Crippen molar-refractivity contribution in [2.75, 3.05) is 6.54 Å². The SMILES string of the molecule is CCCCCCCCCCCCc1c(CCCNC(=O)c2ccccc2)cccc1C(C)(C)S(=O)(=O)[O-].[NH4+]. The lowest BCUT2D eigenvalue weighted by Crippen LogP contribution is -2.30. The molecule has 0 saturated heterocycles. The van der Waals surface area contributed by atoms with Gasteiger partial charge < -0.3 is 16.0 Å². The number of quaternary nitrogens is 1. The van der Waals surface area contributed by atoms with Gasteiger partial charge >= 0.3 is 0 Å². The molecule has 1 amide bonds. The number of benzene rings is 2. The van der Waals surface area contributed by atoms with E-state index in [0.717, 1.165) is 36.8 Å². The van der Waals surface area contributed by atoms with Crippen molar-refractivity contribution >= 4 is 16.0 Å². The molecule has 0 bridgehead atoms. The first-order valence-corrected chi connectivity index (χ1v) is 15.5. The summed E-state index contributed by atoms with van der Waals surface area (Å²) in [5.74, 6) is -0.0986. The van der Waals surface area contributed by atoms with Gasteiger partial charge in [-0.1, -0.05) is 101 Å². The van der Waals surface area contributed by atoms with E-state index in [2.05, 4.69) is 12.2 Å². The Hall–Kier alpha value is -2.22. The highest BCUT2D eigenvalue weighted by Crippen LogP contribution is 2.34. The molecule has 2 aromatic rings. The maximum absolute atomic E-state index is 12.3. The van der Waals surface area contributed by atoms with Crippen LogP contribution >= 0.6 is 0 Å². The Morgan fingerprint density at radius 3 is 1.95 bits per heavy atom. The highest BCUT2D eigenvalue weighted by Gasteiger charge is 2.31. The standard InChI is InChI=1S/C31H47NO4S.H3N/c1-4-5-6-7-8-9-10-11-12-16-23-28-26(21-17-24-29(28)31(2,3)37(34,35)36)22-18-25-32-30(33)27-19-14-13-15-20-27;/h13-15,17,19-21,24H,4-12,16,18,22-23,25H2,1-3H3,(H,32,33)(H,34,35,36);1H3. The van der Waals surface area contributed by atoms with E-state index in [9.17, 15) is 17.8 Å². The van der Waals surface area contributed by atoms with Crippen LogP contribution < -0.4 is 11.5 Å². The van der Waals surface area contributed by atoms with Gasteiger partial charge in [0.2, 0.25) is 0 Å². The molecule has 7 heteroatoms. The van der Waals surface area contributed by atoms with E-state index in [1.54, 1.807) is 18.2 Å². The minimum Gasteiger partial charge on any atom is -0.747 e. The molecule has 38 heavy (non-hydrogen) atoms. The van der Waals surface area contributed by atoms with Crippen LogP contribution in [0.4, 0.5) is 0 Å². The van der Waals surface area contributed by atoms with Gasteiger partial charge in [0.05, 0.1) is 4.75 Å². The number of hydrogen-bond donors (Lipinski definition) is 2. The minimum absolute atomic E-state index is 0. The molecule has 0 radical (unpaired) electrons. The van der Waals surface area contributed by atoms with Crippen LogP contribution in [0.25, 0.3) is 0 Å². The van der Waals surface area contributed by atoms with Crippen LogP contribution in [0.5, 0.6) is 0 Å². The summed E-state index contributed by atoms with van der Waals surface area (Å²) < 4.78 is 34.9. The van der Waals surface area contributed by atoms with Crippen molar-refractivity contribution in [1.29, 1.82) is 0 Å². The van der Waals surface area contributed by atoms with E-state index in [1.807, 2.05) is 30.3 Å². The number of nitrogens with one attached hydrogen (secondary N) is 1. The number of aryl methyl sites for hydroxylation is 1. The van der Waals surface area contributed by atoms with Crippen LogP contribution in [0.15, 0.2) is 48.5 Å². The second-order valence-corrected chi connectivity index (χ2v) is 12.5. The first-order valence-electron chi connectivity index (χ1n) is 14.1. The topological polar surface area (TPSA) is 123 Å². The fraction of sp³-hybridized carbons (Fsp3) is 0.581. The van der Waals surface area contributed by atoms with Gasteiger partial charge in [-0.25, -0.2) is 8.42 Å². The second kappa shape index (κ2) is 17.4. The molecule has 2 rings (SSSR count). The summed E-state index contributed by atoms with van der Waals surface area (Å²) in [6.45, 7) is 5.78. The van der Waals surface area contributed by atoms with E-state index in [4.69, 9.17) is 0 Å². The lowest BCUT2D eigenvalue weighted by atomic mass is 9.88. The molecule has 5 N–H and O–H groups in total. The normalized spacial score (nSPS) is 11.7. The molecule has 0 aliphatic rings. The average Bonchev–Trinajstić information content (AvgIpc) is 2.87. The maximum atomic E-state index is 12.3. The third-order valence-corrected chi connectivity index (χ3v) is 8.74. The first kappa shape index (κ1) is 33.8. The number of amides is 1. The van der Waals surface area contributed by atoms with Crippen molar-refractivity contribution in [2.24, 2.45) is 0 Å². The van der Waals surface area contributed by atoms with Crippen LogP contribution in [0.3, 0.4) is 0 Å². The van der Waals surface area contributed by atoms with Gasteiger partial charge in [-0.2, -0.15) is 0 Å². The van der Waals surface area contributed by atoms with Crippen molar-refractivity contribution in [1.82, 2.24) is 11.5 Å². The minimum atomic E-state index is -4.52. The Labute approximate surface area is 231 Å². The van der Waals surface area contributed by atoms with Gasteiger partial charge in [0.15, 0.2) is 0 Å². The van der Waals surface area contributed by atoms with Crippen molar-refractivity contribution in [3.8, 4) is 0 Å². The highest BCUT2D eigenvalue weighted by molar-refractivity contribution is 7.86. The molecule has 2 aromatic carbocycles. The molecule has 0 atom stereocenters. The number of rotatable bonds is 18. The molecule has 0 aliphatic carbocycles. The van der Waals surface area contributed by atoms with E-state index in [-0.39, 0.29) is 12.1 Å². The number of carbonyl (C=O) groups is 1. The quantitative estimate of drug-likeness (QED) is 0.147. The van der Waals surface area contributed by atoms with Crippen LogP contribution in [0, 0.1) is 0 Å². The summed E-state index contributed by atoms with van der Waals surface area (Å²) in [5, 5.41) is 2.96. The van der Waals surface area contributed by atoms with Gasteiger partial charge in [0, 0.05) is 12.1 Å². The molecule has 6 nitrogen and oxygen atoms in total. The Morgan fingerprint density at radius 1 is 0.789 bits per heavy atom. The Bertz CT molecular complexity index is 1050. The molecule has 0 fully saturated rings. The Balaban J connectivity index is 0.00000722. The smallest absolute Gasteiger partial charge is 0.251 e. The third kappa shape index (κ3) is 10.9. The molecular formula is C31H50N2O4S. The molecule has 214 valence electrons. The Morgan fingerprint density at radius 2 is 1.37 bits per heavy atom. The summed E-state index contributed by atoms with van der Waals surface area (Å²) in [7, 11) is -4.52. The van der Waals surface area contributed by atoms with E-state index < -0.39 is 14.9 Å². The van der Waals surface area contributed by atoms with Gasteiger partial charge in [0.25, 0.3) is 5.91 Å². The van der Waals surface area contributed by atoms with Crippen molar-refractivity contribution in [3.05, 3.63) is 70.8 Å². The Kier molecular flexibility index (Phi) is 15.5. The van der Waals surface area contributed by atoms with E-state index in [0.29, 0.717) is 24.1 Å². The number of unbranched alkanes of at least 4 members (excludes halogenated alkanes) is 9. The monoisotopic (exact) mass is 546 g/mol. The zero-order valence-electron chi connectivity index (χ0n) is 24.1. The zero-order chi connectivity index (χ0) is 27.2. The fourth-order valence-electron chi connectivity index (χ4n) is 4.82.